The van der Waals surface area contributed by atoms with Crippen molar-refractivity contribution in [3.8, 4) is 0 Å². The number of piperazine rings is 1. The first kappa shape index (κ1) is 20.0. The second-order valence-corrected chi connectivity index (χ2v) is 9.41. The molecule has 0 spiro atoms. The number of hydrogen-bond donors (Lipinski definition) is 3. The molecule has 3 saturated heterocycles. The Labute approximate surface area is 185 Å². The number of halogens is 2. The highest BCUT2D eigenvalue weighted by atomic mass is 19.3. The van der Waals surface area contributed by atoms with Crippen molar-refractivity contribution in [2.75, 3.05) is 41.3 Å². The predicted octanol–water partition coefficient (Wildman–Crippen LogP) is 2.25. The van der Waals surface area contributed by atoms with E-state index in [0.29, 0.717) is 35.5 Å². The molecule has 4 fully saturated rings. The van der Waals surface area contributed by atoms with Gasteiger partial charge < -0.3 is 25.5 Å². The number of aromatic nitrogens is 3. The van der Waals surface area contributed by atoms with Crippen LogP contribution in [0.25, 0.3) is 0 Å². The van der Waals surface area contributed by atoms with E-state index in [4.69, 9.17) is 0 Å². The molecule has 10 heteroatoms. The van der Waals surface area contributed by atoms with E-state index in [2.05, 4.69) is 30.5 Å². The molecule has 3 atom stereocenters. The first-order chi connectivity index (χ1) is 15.4. The number of piperidine rings is 1. The number of fused-ring (bicyclic) bond motifs is 2. The van der Waals surface area contributed by atoms with E-state index in [9.17, 15) is 13.9 Å². The summed E-state index contributed by atoms with van der Waals surface area (Å²) in [5, 5.41) is 16.7. The molecule has 2 bridgehead atoms. The van der Waals surface area contributed by atoms with Gasteiger partial charge >= 0.3 is 0 Å². The second kappa shape index (κ2) is 7.48. The summed E-state index contributed by atoms with van der Waals surface area (Å²) in [6.07, 6.45) is 4.86. The van der Waals surface area contributed by atoms with Crippen LogP contribution in [0.5, 0.6) is 0 Å². The third-order valence-electron chi connectivity index (χ3n) is 7.03. The summed E-state index contributed by atoms with van der Waals surface area (Å²) in [6.45, 7) is 1.84. The summed E-state index contributed by atoms with van der Waals surface area (Å²) in [7, 11) is 0. The van der Waals surface area contributed by atoms with Gasteiger partial charge in [0.2, 0.25) is 0 Å². The number of rotatable bonds is 5. The van der Waals surface area contributed by atoms with Crippen molar-refractivity contribution >= 4 is 23.1 Å². The number of alkyl halides is 2. The zero-order valence-electron chi connectivity index (χ0n) is 17.7. The van der Waals surface area contributed by atoms with Crippen LogP contribution >= 0.6 is 0 Å². The fourth-order valence-electron chi connectivity index (χ4n) is 4.99. The molecule has 0 radical (unpaired) electrons. The van der Waals surface area contributed by atoms with Gasteiger partial charge in [-0.3, -0.25) is 4.98 Å². The lowest BCUT2D eigenvalue weighted by Crippen LogP contribution is -2.51. The quantitative estimate of drug-likeness (QED) is 0.649. The topological polar surface area (TPSA) is 89.4 Å². The van der Waals surface area contributed by atoms with Crippen molar-refractivity contribution in [3.63, 3.8) is 0 Å². The van der Waals surface area contributed by atoms with Crippen molar-refractivity contribution in [3.05, 3.63) is 30.2 Å². The minimum Gasteiger partial charge on any atom is -0.385 e. The number of nitrogens with one attached hydrogen (secondary N) is 2. The van der Waals surface area contributed by atoms with Crippen LogP contribution in [0.1, 0.15) is 37.3 Å². The first-order valence-corrected chi connectivity index (χ1v) is 11.4. The zero-order chi connectivity index (χ0) is 21.9. The van der Waals surface area contributed by atoms with E-state index in [-0.39, 0.29) is 13.1 Å². The molecule has 2 aromatic heterocycles. The van der Waals surface area contributed by atoms with E-state index in [1.165, 1.54) is 12.8 Å². The van der Waals surface area contributed by atoms with E-state index in [0.717, 1.165) is 30.9 Å². The highest BCUT2D eigenvalue weighted by Crippen LogP contribution is 2.39. The highest BCUT2D eigenvalue weighted by molar-refractivity contribution is 5.66. The standard InChI is InChI=1S/C22H27F2N7O/c23-22(24)3-4-30(12-18(22)32)21-7-15(31-11-14-5-16(31)8-25-14)6-19(29-21)28-20-10-26-17(9-27-20)13-1-2-13/h6-7,9-10,13-14,16,18,25,32H,1-5,8,11-12H2,(H,27,28,29). The Morgan fingerprint density at radius 2 is 2.00 bits per heavy atom. The minimum atomic E-state index is -3.06. The Kier molecular flexibility index (Phi) is 4.69. The van der Waals surface area contributed by atoms with Gasteiger partial charge in [0.1, 0.15) is 23.6 Å². The molecule has 8 nitrogen and oxygen atoms in total. The zero-order valence-corrected chi connectivity index (χ0v) is 17.7. The summed E-state index contributed by atoms with van der Waals surface area (Å²) in [5.41, 5.74) is 2.02. The van der Waals surface area contributed by atoms with Gasteiger partial charge in [0.25, 0.3) is 5.92 Å². The Balaban J connectivity index is 1.29. The van der Waals surface area contributed by atoms with Crippen molar-refractivity contribution in [2.45, 2.75) is 55.7 Å². The van der Waals surface area contributed by atoms with Gasteiger partial charge in [-0.25, -0.2) is 18.7 Å². The Morgan fingerprint density at radius 3 is 2.66 bits per heavy atom. The lowest BCUT2D eigenvalue weighted by atomic mass is 10.0. The number of hydrogen-bond acceptors (Lipinski definition) is 8. The van der Waals surface area contributed by atoms with Crippen LogP contribution in [-0.4, -0.2) is 70.3 Å². The normalized spacial score (nSPS) is 28.9. The van der Waals surface area contributed by atoms with Crippen molar-refractivity contribution in [1.29, 1.82) is 0 Å². The van der Waals surface area contributed by atoms with Crippen LogP contribution in [0.3, 0.4) is 0 Å². The van der Waals surface area contributed by atoms with Crippen LogP contribution in [0, 0.1) is 0 Å². The molecule has 6 rings (SSSR count). The molecule has 4 aliphatic rings. The van der Waals surface area contributed by atoms with Crippen LogP contribution < -0.4 is 20.4 Å². The molecule has 1 saturated carbocycles. The molecule has 3 unspecified atom stereocenters. The molecule has 5 heterocycles. The molecule has 1 aliphatic carbocycles. The van der Waals surface area contributed by atoms with Gasteiger partial charge in [-0.05, 0) is 19.3 Å². The van der Waals surface area contributed by atoms with Gasteiger partial charge in [-0.15, -0.1) is 0 Å². The molecule has 3 N–H and O–H groups in total. The van der Waals surface area contributed by atoms with Crippen molar-refractivity contribution in [1.82, 2.24) is 20.3 Å². The molecule has 170 valence electrons. The maximum Gasteiger partial charge on any atom is 0.276 e. The number of aliphatic hydroxyl groups is 1. The maximum absolute atomic E-state index is 13.8. The number of nitrogens with zero attached hydrogens (tertiary/aromatic N) is 5. The van der Waals surface area contributed by atoms with E-state index < -0.39 is 18.4 Å². The number of β-amino-alcohol motifs (C(OH)–C–C–N with tert-alkyl or cyclic N) is 1. The Morgan fingerprint density at radius 1 is 1.12 bits per heavy atom. The summed E-state index contributed by atoms with van der Waals surface area (Å²) < 4.78 is 27.7. The summed E-state index contributed by atoms with van der Waals surface area (Å²) in [5.74, 6) is -0.757. The average Bonchev–Trinajstić information content (AvgIpc) is 3.41. The molecule has 3 aliphatic heterocycles. The Hall–Kier alpha value is -2.59. The third kappa shape index (κ3) is 3.75. The van der Waals surface area contributed by atoms with Gasteiger partial charge in [0.05, 0.1) is 24.6 Å². The SMILES string of the molecule is OC1CN(c2cc(N3CC4CC3CN4)cc(Nc3cnc(C4CC4)cn3)n2)CCC1(F)F. The van der Waals surface area contributed by atoms with E-state index in [1.54, 1.807) is 17.3 Å². The van der Waals surface area contributed by atoms with Crippen LogP contribution in [0.15, 0.2) is 24.5 Å². The van der Waals surface area contributed by atoms with E-state index >= 15 is 0 Å². The lowest BCUT2D eigenvalue weighted by molar-refractivity contribution is -0.118. The second-order valence-electron chi connectivity index (χ2n) is 9.41. The molecular weight excluding hydrogens is 416 g/mol. The predicted molar refractivity (Wildman–Crippen MR) is 117 cm³/mol. The highest BCUT2D eigenvalue weighted by Gasteiger charge is 2.44. The molecule has 0 aromatic carbocycles. The molecule has 0 amide bonds. The molecule has 2 aromatic rings. The first-order valence-electron chi connectivity index (χ1n) is 11.4. The van der Waals surface area contributed by atoms with Crippen LogP contribution in [0.2, 0.25) is 0 Å². The average molecular weight is 444 g/mol. The number of pyridine rings is 1. The lowest BCUT2D eigenvalue weighted by Gasteiger charge is -2.37. The van der Waals surface area contributed by atoms with Gasteiger partial charge in [-0.1, -0.05) is 0 Å². The van der Waals surface area contributed by atoms with Crippen molar-refractivity contribution in [2.24, 2.45) is 0 Å². The largest absolute Gasteiger partial charge is 0.385 e. The third-order valence-corrected chi connectivity index (χ3v) is 7.03. The summed E-state index contributed by atoms with van der Waals surface area (Å²) in [4.78, 5) is 17.8. The maximum atomic E-state index is 13.8. The fourth-order valence-corrected chi connectivity index (χ4v) is 4.99. The fraction of sp³-hybridized carbons (Fsp3) is 0.591. The van der Waals surface area contributed by atoms with Crippen molar-refractivity contribution < 1.29 is 13.9 Å². The van der Waals surface area contributed by atoms with Crippen LogP contribution in [-0.2, 0) is 0 Å². The number of anilines is 4. The van der Waals surface area contributed by atoms with Crippen LogP contribution in [0.4, 0.5) is 31.9 Å². The summed E-state index contributed by atoms with van der Waals surface area (Å²) >= 11 is 0. The van der Waals surface area contributed by atoms with Gasteiger partial charge in [-0.2, -0.15) is 0 Å². The monoisotopic (exact) mass is 443 g/mol. The minimum absolute atomic E-state index is 0.142. The smallest absolute Gasteiger partial charge is 0.276 e. The summed E-state index contributed by atoms with van der Waals surface area (Å²) in [6, 6.07) is 4.82. The van der Waals surface area contributed by atoms with Gasteiger partial charge in [0, 0.05) is 61.9 Å². The molecule has 32 heavy (non-hydrogen) atoms. The Bertz CT molecular complexity index is 1000. The van der Waals surface area contributed by atoms with Gasteiger partial charge in [0.15, 0.2) is 0 Å². The molecular formula is C22H27F2N7O. The number of aliphatic hydroxyl groups excluding tert-OH is 1. The van der Waals surface area contributed by atoms with E-state index in [1.807, 2.05) is 12.1 Å².